The summed E-state index contributed by atoms with van der Waals surface area (Å²) in [7, 11) is -4.22. The van der Waals surface area contributed by atoms with Gasteiger partial charge in [-0.3, -0.25) is 9.52 Å². The molecule has 9 heteroatoms. The van der Waals surface area contributed by atoms with Gasteiger partial charge in [0, 0.05) is 30.4 Å². The highest BCUT2D eigenvalue weighted by atomic mass is 32.2. The second-order valence-corrected chi connectivity index (χ2v) is 7.31. The van der Waals surface area contributed by atoms with E-state index in [-0.39, 0.29) is 11.6 Å². The third-order valence-corrected chi connectivity index (χ3v) is 5.28. The minimum Gasteiger partial charge on any atom is -0.378 e. The average Bonchev–Trinajstić information content (AvgIpc) is 2.62. The minimum absolute atomic E-state index is 0.159. The number of carbonyl (C=O) groups is 1. The first-order valence-corrected chi connectivity index (χ1v) is 9.30. The van der Waals surface area contributed by atoms with Gasteiger partial charge in [-0.05, 0) is 36.4 Å². The lowest BCUT2D eigenvalue weighted by atomic mass is 10.2. The van der Waals surface area contributed by atoms with Crippen molar-refractivity contribution in [2.24, 2.45) is 0 Å². The SMILES string of the molecule is O=C(c1ccc(NS(=O)(=O)c2ccc(F)cc2F)cc1)N1CCOCC1. The van der Waals surface area contributed by atoms with Gasteiger partial charge in [-0.25, -0.2) is 17.2 Å². The van der Waals surface area contributed by atoms with Crippen molar-refractivity contribution >= 4 is 21.6 Å². The number of anilines is 1. The van der Waals surface area contributed by atoms with Gasteiger partial charge in [0.2, 0.25) is 0 Å². The molecule has 1 fully saturated rings. The molecule has 26 heavy (non-hydrogen) atoms. The number of rotatable bonds is 4. The van der Waals surface area contributed by atoms with Crippen LogP contribution in [0.3, 0.4) is 0 Å². The summed E-state index contributed by atoms with van der Waals surface area (Å²) in [5.41, 5.74) is 0.565. The summed E-state index contributed by atoms with van der Waals surface area (Å²) >= 11 is 0. The fraction of sp³-hybridized carbons (Fsp3) is 0.235. The second kappa shape index (κ2) is 7.38. The number of hydrogen-bond donors (Lipinski definition) is 1. The van der Waals surface area contributed by atoms with Crippen LogP contribution in [0.1, 0.15) is 10.4 Å². The normalized spacial score (nSPS) is 14.9. The molecule has 1 aliphatic rings. The van der Waals surface area contributed by atoms with Gasteiger partial charge in [-0.15, -0.1) is 0 Å². The van der Waals surface area contributed by atoms with Gasteiger partial charge in [0.1, 0.15) is 16.5 Å². The Morgan fingerprint density at radius 1 is 1.04 bits per heavy atom. The van der Waals surface area contributed by atoms with Gasteiger partial charge in [0.25, 0.3) is 15.9 Å². The summed E-state index contributed by atoms with van der Waals surface area (Å²) in [5.74, 6) is -2.23. The number of carbonyl (C=O) groups excluding carboxylic acids is 1. The Labute approximate surface area is 149 Å². The minimum atomic E-state index is -4.22. The fourth-order valence-electron chi connectivity index (χ4n) is 2.53. The summed E-state index contributed by atoms with van der Waals surface area (Å²) in [6.45, 7) is 1.95. The number of nitrogens with zero attached hydrogens (tertiary/aromatic N) is 1. The number of nitrogens with one attached hydrogen (secondary N) is 1. The van der Waals surface area contributed by atoms with E-state index >= 15 is 0 Å². The molecule has 1 N–H and O–H groups in total. The van der Waals surface area contributed by atoms with Crippen molar-refractivity contribution in [3.63, 3.8) is 0 Å². The smallest absolute Gasteiger partial charge is 0.264 e. The molecule has 1 heterocycles. The van der Waals surface area contributed by atoms with E-state index in [1.54, 1.807) is 4.90 Å². The molecule has 0 atom stereocenters. The van der Waals surface area contributed by atoms with Crippen molar-refractivity contribution in [1.82, 2.24) is 4.90 Å². The van der Waals surface area contributed by atoms with Crippen molar-refractivity contribution in [3.05, 3.63) is 59.7 Å². The van der Waals surface area contributed by atoms with Crippen molar-refractivity contribution < 1.29 is 26.7 Å². The summed E-state index contributed by atoms with van der Waals surface area (Å²) in [6, 6.07) is 8.00. The predicted molar refractivity (Wildman–Crippen MR) is 90.3 cm³/mol. The van der Waals surface area contributed by atoms with E-state index in [0.29, 0.717) is 37.9 Å². The molecule has 0 saturated carbocycles. The molecule has 2 aromatic rings. The number of halogens is 2. The second-order valence-electron chi connectivity index (χ2n) is 5.66. The van der Waals surface area contributed by atoms with E-state index in [1.807, 2.05) is 0 Å². The van der Waals surface area contributed by atoms with Crippen LogP contribution in [0.25, 0.3) is 0 Å². The zero-order valence-electron chi connectivity index (χ0n) is 13.6. The van der Waals surface area contributed by atoms with Gasteiger partial charge in [-0.1, -0.05) is 0 Å². The lowest BCUT2D eigenvalue weighted by Crippen LogP contribution is -2.40. The van der Waals surface area contributed by atoms with Crippen LogP contribution in [0, 0.1) is 11.6 Å². The van der Waals surface area contributed by atoms with E-state index in [4.69, 9.17) is 4.74 Å². The zero-order valence-corrected chi connectivity index (χ0v) is 14.4. The molecule has 1 saturated heterocycles. The molecule has 138 valence electrons. The lowest BCUT2D eigenvalue weighted by molar-refractivity contribution is 0.0303. The van der Waals surface area contributed by atoms with Crippen molar-refractivity contribution in [2.75, 3.05) is 31.0 Å². The Hall–Kier alpha value is -2.52. The van der Waals surface area contributed by atoms with Crippen LogP contribution < -0.4 is 4.72 Å². The van der Waals surface area contributed by atoms with Gasteiger partial charge < -0.3 is 9.64 Å². The molecule has 1 amide bonds. The number of morpholine rings is 1. The Morgan fingerprint density at radius 2 is 1.69 bits per heavy atom. The molecule has 0 unspecified atom stereocenters. The molecule has 0 spiro atoms. The molecule has 2 aromatic carbocycles. The third-order valence-electron chi connectivity index (χ3n) is 3.87. The highest BCUT2D eigenvalue weighted by molar-refractivity contribution is 7.92. The van der Waals surface area contributed by atoms with Gasteiger partial charge >= 0.3 is 0 Å². The summed E-state index contributed by atoms with van der Waals surface area (Å²) in [5, 5.41) is 0. The number of sulfonamides is 1. The number of benzene rings is 2. The van der Waals surface area contributed by atoms with Crippen LogP contribution in [0.15, 0.2) is 47.4 Å². The maximum atomic E-state index is 13.7. The van der Waals surface area contributed by atoms with Crippen LogP contribution in [0.5, 0.6) is 0 Å². The first-order chi connectivity index (χ1) is 12.4. The average molecular weight is 382 g/mol. The molecular formula is C17H16F2N2O4S. The predicted octanol–water partition coefficient (Wildman–Crippen LogP) is 2.24. The van der Waals surface area contributed by atoms with Crippen molar-refractivity contribution in [1.29, 1.82) is 0 Å². The van der Waals surface area contributed by atoms with E-state index in [1.165, 1.54) is 24.3 Å². The van der Waals surface area contributed by atoms with E-state index < -0.39 is 26.6 Å². The van der Waals surface area contributed by atoms with Crippen molar-refractivity contribution in [3.8, 4) is 0 Å². The molecule has 1 aliphatic heterocycles. The first kappa shape index (κ1) is 18.3. The van der Waals surface area contributed by atoms with E-state index in [2.05, 4.69) is 4.72 Å². The number of amides is 1. The Morgan fingerprint density at radius 3 is 2.31 bits per heavy atom. The van der Waals surface area contributed by atoms with Gasteiger partial charge in [0.05, 0.1) is 13.2 Å². The summed E-state index contributed by atoms with van der Waals surface area (Å²) < 4.78 is 58.5. The largest absolute Gasteiger partial charge is 0.378 e. The fourth-order valence-corrected chi connectivity index (χ4v) is 3.65. The Balaban J connectivity index is 1.75. The first-order valence-electron chi connectivity index (χ1n) is 7.82. The maximum absolute atomic E-state index is 13.7. The Bertz CT molecular complexity index is 911. The topological polar surface area (TPSA) is 75.7 Å². The quantitative estimate of drug-likeness (QED) is 0.880. The van der Waals surface area contributed by atoms with Crippen LogP contribution in [-0.2, 0) is 14.8 Å². The molecule has 0 aromatic heterocycles. The maximum Gasteiger partial charge on any atom is 0.264 e. The third kappa shape index (κ3) is 4.00. The van der Waals surface area contributed by atoms with Crippen LogP contribution in [0.4, 0.5) is 14.5 Å². The molecule has 3 rings (SSSR count). The monoisotopic (exact) mass is 382 g/mol. The highest BCUT2D eigenvalue weighted by Crippen LogP contribution is 2.20. The van der Waals surface area contributed by atoms with E-state index in [0.717, 1.165) is 12.1 Å². The van der Waals surface area contributed by atoms with Crippen LogP contribution in [0.2, 0.25) is 0 Å². The molecule has 0 aliphatic carbocycles. The standard InChI is InChI=1S/C17H16F2N2O4S/c18-13-3-6-16(15(19)11-13)26(23,24)20-14-4-1-12(2-5-14)17(22)21-7-9-25-10-8-21/h1-6,11,20H,7-10H2. The summed E-state index contributed by atoms with van der Waals surface area (Å²) in [4.78, 5) is 13.3. The molecular weight excluding hydrogens is 366 g/mol. The molecule has 6 nitrogen and oxygen atoms in total. The van der Waals surface area contributed by atoms with Crippen molar-refractivity contribution in [2.45, 2.75) is 4.90 Å². The molecule has 0 radical (unpaired) electrons. The van der Waals surface area contributed by atoms with Gasteiger partial charge in [-0.2, -0.15) is 0 Å². The number of hydrogen-bond acceptors (Lipinski definition) is 4. The van der Waals surface area contributed by atoms with Crippen LogP contribution >= 0.6 is 0 Å². The molecule has 0 bridgehead atoms. The van der Waals surface area contributed by atoms with Gasteiger partial charge in [0.15, 0.2) is 0 Å². The summed E-state index contributed by atoms with van der Waals surface area (Å²) in [6.07, 6.45) is 0. The van der Waals surface area contributed by atoms with Crippen LogP contribution in [-0.4, -0.2) is 45.5 Å². The zero-order chi connectivity index (χ0) is 18.7. The highest BCUT2D eigenvalue weighted by Gasteiger charge is 2.21. The lowest BCUT2D eigenvalue weighted by Gasteiger charge is -2.26. The number of ether oxygens (including phenoxy) is 1. The Kier molecular flexibility index (Phi) is 5.19. The van der Waals surface area contributed by atoms with E-state index in [9.17, 15) is 22.0 Å².